The van der Waals surface area contributed by atoms with Gasteiger partial charge in [-0.05, 0) is 13.8 Å². The van der Waals surface area contributed by atoms with Gasteiger partial charge in [0, 0.05) is 13.7 Å². The van der Waals surface area contributed by atoms with Gasteiger partial charge in [0.05, 0.1) is 19.7 Å². The lowest BCUT2D eigenvalue weighted by Gasteiger charge is -2.38. The van der Waals surface area contributed by atoms with E-state index in [2.05, 4.69) is 10.2 Å². The van der Waals surface area contributed by atoms with Crippen LogP contribution in [0, 0.1) is 6.92 Å². The van der Waals surface area contributed by atoms with Crippen LogP contribution in [0.5, 0.6) is 0 Å². The Kier molecular flexibility index (Phi) is 4.66. The Morgan fingerprint density at radius 2 is 2.15 bits per heavy atom. The smallest absolute Gasteiger partial charge is 0.245 e. The van der Waals surface area contributed by atoms with Crippen molar-refractivity contribution in [2.24, 2.45) is 0 Å². The molecule has 1 atom stereocenters. The third-order valence-corrected chi connectivity index (χ3v) is 4.05. The fraction of sp³-hybridized carbons (Fsp3) is 0.667. The predicted molar refractivity (Wildman–Crippen MR) is 73.1 cm³/mol. The molecule has 1 aliphatic heterocycles. The predicted octanol–water partition coefficient (Wildman–Crippen LogP) is 0.0522. The largest absolute Gasteiger partial charge is 0.383 e. The van der Waals surface area contributed by atoms with Crippen molar-refractivity contribution in [2.75, 3.05) is 26.8 Å². The number of ether oxygens (including phenoxy) is 1. The van der Waals surface area contributed by atoms with Crippen LogP contribution in [-0.4, -0.2) is 64.7 Å². The van der Waals surface area contributed by atoms with E-state index in [1.54, 1.807) is 23.8 Å². The Labute approximate surface area is 121 Å². The summed E-state index contributed by atoms with van der Waals surface area (Å²) >= 11 is 1.44. The summed E-state index contributed by atoms with van der Waals surface area (Å²) in [4.78, 5) is 27.5. The van der Waals surface area contributed by atoms with E-state index in [1.165, 1.54) is 11.3 Å². The SMILES string of the molecule is COCCN1CC(=O)N(Cc2nnc(C)s2)[C@@H](C)C1=O. The number of hydrogen-bond acceptors (Lipinski definition) is 6. The quantitative estimate of drug-likeness (QED) is 0.768. The summed E-state index contributed by atoms with van der Waals surface area (Å²) in [7, 11) is 1.57. The fourth-order valence-electron chi connectivity index (χ4n) is 2.11. The standard InChI is InChI=1S/C12H18N4O3S/c1-8-12(18)15(4-5-19-3)7-11(17)16(8)6-10-14-13-9(2)20-10/h8H,4-7H2,1-3H3/t8-/m0/s1. The number of aryl methyl sites for hydroxylation is 1. The molecular formula is C12H18N4O3S. The number of carbonyl (C=O) groups excluding carboxylic acids is 2. The molecule has 1 aliphatic rings. The lowest BCUT2D eigenvalue weighted by atomic mass is 10.1. The molecule has 1 aromatic rings. The van der Waals surface area contributed by atoms with Crippen LogP contribution in [0.2, 0.25) is 0 Å². The van der Waals surface area contributed by atoms with Crippen molar-refractivity contribution in [3.8, 4) is 0 Å². The van der Waals surface area contributed by atoms with E-state index in [-0.39, 0.29) is 18.4 Å². The van der Waals surface area contributed by atoms with Gasteiger partial charge in [-0.2, -0.15) is 0 Å². The Balaban J connectivity index is 2.05. The molecule has 0 bridgehead atoms. The summed E-state index contributed by atoms with van der Waals surface area (Å²) < 4.78 is 4.95. The summed E-state index contributed by atoms with van der Waals surface area (Å²) in [5.74, 6) is -0.121. The van der Waals surface area contributed by atoms with Crippen molar-refractivity contribution >= 4 is 23.2 Å². The molecule has 2 rings (SSSR count). The molecule has 7 nitrogen and oxygen atoms in total. The minimum absolute atomic E-state index is 0.0529. The maximum absolute atomic E-state index is 12.2. The molecule has 0 aliphatic carbocycles. The van der Waals surface area contributed by atoms with Crippen molar-refractivity contribution in [3.63, 3.8) is 0 Å². The zero-order valence-electron chi connectivity index (χ0n) is 11.8. The lowest BCUT2D eigenvalue weighted by molar-refractivity contribution is -0.156. The highest BCUT2D eigenvalue weighted by Crippen LogP contribution is 2.18. The third kappa shape index (κ3) is 3.13. The molecule has 0 spiro atoms. The van der Waals surface area contributed by atoms with Gasteiger partial charge in [-0.15, -0.1) is 10.2 Å². The molecule has 0 aromatic carbocycles. The van der Waals surface area contributed by atoms with Gasteiger partial charge in [0.1, 0.15) is 16.1 Å². The van der Waals surface area contributed by atoms with Gasteiger partial charge in [-0.1, -0.05) is 11.3 Å². The number of nitrogens with zero attached hydrogens (tertiary/aromatic N) is 4. The number of hydrogen-bond donors (Lipinski definition) is 0. The molecule has 0 N–H and O–H groups in total. The summed E-state index contributed by atoms with van der Waals surface area (Å²) in [6.07, 6.45) is 0. The van der Waals surface area contributed by atoms with E-state index in [1.807, 2.05) is 6.92 Å². The number of piperazine rings is 1. The Hall–Kier alpha value is -1.54. The number of rotatable bonds is 5. The molecule has 8 heteroatoms. The maximum Gasteiger partial charge on any atom is 0.245 e. The third-order valence-electron chi connectivity index (χ3n) is 3.22. The van der Waals surface area contributed by atoms with Crippen molar-refractivity contribution < 1.29 is 14.3 Å². The first-order chi connectivity index (χ1) is 9.52. The molecule has 2 heterocycles. The maximum atomic E-state index is 12.2. The number of aromatic nitrogens is 2. The fourth-order valence-corrected chi connectivity index (χ4v) is 2.82. The topological polar surface area (TPSA) is 75.6 Å². The van der Waals surface area contributed by atoms with E-state index in [9.17, 15) is 9.59 Å². The van der Waals surface area contributed by atoms with Crippen molar-refractivity contribution in [3.05, 3.63) is 10.0 Å². The second kappa shape index (κ2) is 6.27. The van der Waals surface area contributed by atoms with Gasteiger partial charge >= 0.3 is 0 Å². The van der Waals surface area contributed by atoms with Gasteiger partial charge in [-0.3, -0.25) is 9.59 Å². The van der Waals surface area contributed by atoms with E-state index in [0.29, 0.717) is 19.7 Å². The van der Waals surface area contributed by atoms with Gasteiger partial charge in [0.15, 0.2) is 0 Å². The van der Waals surface area contributed by atoms with Crippen LogP contribution in [0.4, 0.5) is 0 Å². The molecule has 20 heavy (non-hydrogen) atoms. The van der Waals surface area contributed by atoms with Gasteiger partial charge < -0.3 is 14.5 Å². The van der Waals surface area contributed by atoms with Crippen molar-refractivity contribution in [2.45, 2.75) is 26.4 Å². The van der Waals surface area contributed by atoms with E-state index >= 15 is 0 Å². The molecule has 0 unspecified atom stereocenters. The molecule has 0 radical (unpaired) electrons. The van der Waals surface area contributed by atoms with E-state index in [4.69, 9.17) is 4.74 Å². The summed E-state index contributed by atoms with van der Waals surface area (Å²) in [5, 5.41) is 9.53. The molecule has 2 amide bonds. The van der Waals surface area contributed by atoms with Crippen LogP contribution in [0.25, 0.3) is 0 Å². The highest BCUT2D eigenvalue weighted by Gasteiger charge is 2.36. The monoisotopic (exact) mass is 298 g/mol. The Morgan fingerprint density at radius 1 is 1.40 bits per heavy atom. The minimum Gasteiger partial charge on any atom is -0.383 e. The van der Waals surface area contributed by atoms with Crippen molar-refractivity contribution in [1.29, 1.82) is 0 Å². The Bertz CT molecular complexity index is 505. The molecule has 110 valence electrons. The molecule has 1 aromatic heterocycles. The average molecular weight is 298 g/mol. The van der Waals surface area contributed by atoms with E-state index < -0.39 is 6.04 Å². The minimum atomic E-state index is -0.475. The second-order valence-electron chi connectivity index (χ2n) is 4.67. The molecular weight excluding hydrogens is 280 g/mol. The van der Waals surface area contributed by atoms with Gasteiger partial charge in [0.25, 0.3) is 0 Å². The van der Waals surface area contributed by atoms with Crippen molar-refractivity contribution in [1.82, 2.24) is 20.0 Å². The van der Waals surface area contributed by atoms with Gasteiger partial charge in [-0.25, -0.2) is 0 Å². The summed E-state index contributed by atoms with van der Waals surface area (Å²) in [5.41, 5.74) is 0. The van der Waals surface area contributed by atoms with Crippen LogP contribution < -0.4 is 0 Å². The highest BCUT2D eigenvalue weighted by molar-refractivity contribution is 7.11. The van der Waals surface area contributed by atoms with Crippen LogP contribution in [0.15, 0.2) is 0 Å². The normalized spacial score (nSPS) is 19.9. The zero-order chi connectivity index (χ0) is 14.7. The number of methoxy groups -OCH3 is 1. The van der Waals surface area contributed by atoms with Crippen LogP contribution in [0.3, 0.4) is 0 Å². The van der Waals surface area contributed by atoms with Crippen LogP contribution >= 0.6 is 11.3 Å². The first kappa shape index (κ1) is 14.9. The van der Waals surface area contributed by atoms with Crippen LogP contribution in [-0.2, 0) is 20.9 Å². The number of amides is 2. The number of carbonyl (C=O) groups is 2. The summed E-state index contributed by atoms with van der Waals surface area (Å²) in [6.45, 7) is 4.92. The second-order valence-corrected chi connectivity index (χ2v) is 5.93. The molecule has 0 saturated carbocycles. The molecule has 1 saturated heterocycles. The Morgan fingerprint density at radius 3 is 2.75 bits per heavy atom. The van der Waals surface area contributed by atoms with Gasteiger partial charge in [0.2, 0.25) is 11.8 Å². The average Bonchev–Trinajstić information content (AvgIpc) is 2.83. The zero-order valence-corrected chi connectivity index (χ0v) is 12.6. The summed E-state index contributed by atoms with van der Waals surface area (Å²) in [6, 6.07) is -0.475. The van der Waals surface area contributed by atoms with Crippen LogP contribution in [0.1, 0.15) is 16.9 Å². The first-order valence-corrected chi connectivity index (χ1v) is 7.20. The lowest BCUT2D eigenvalue weighted by Crippen LogP contribution is -2.58. The molecule has 1 fully saturated rings. The first-order valence-electron chi connectivity index (χ1n) is 6.39. The van der Waals surface area contributed by atoms with E-state index in [0.717, 1.165) is 10.0 Å². The highest BCUT2D eigenvalue weighted by atomic mass is 32.1.